The number of thioether (sulfide) groups is 1. The molecule has 2 saturated heterocycles. The third kappa shape index (κ3) is 5.72. The number of benzene rings is 1. The molecule has 0 atom stereocenters. The van der Waals surface area contributed by atoms with Gasteiger partial charge in [-0.1, -0.05) is 36.1 Å². The number of aromatic nitrogens is 2. The van der Waals surface area contributed by atoms with E-state index in [1.165, 1.54) is 9.30 Å². The first-order valence-corrected chi connectivity index (χ1v) is 14.9. The Morgan fingerprint density at radius 1 is 1.12 bits per heavy atom. The second kappa shape index (κ2) is 11.7. The lowest BCUT2D eigenvalue weighted by molar-refractivity contribution is -0.137. The SMILES string of the molecule is Cc1ccc2nc(N3CCN(Cc4ccc5c(c4)OCO5)CC3)c(C=C3SC(=S)N(CCCC(=O)O)C3=O)c(=O)n2c1. The lowest BCUT2D eigenvalue weighted by atomic mass is 10.1. The quantitative estimate of drug-likeness (QED) is 0.301. The number of aliphatic carboxylic acids is 1. The van der Waals surface area contributed by atoms with Crippen molar-refractivity contribution in [3.63, 3.8) is 0 Å². The van der Waals surface area contributed by atoms with Crippen LogP contribution in [-0.4, -0.2) is 80.0 Å². The fourth-order valence-corrected chi connectivity index (χ4v) is 6.53. The van der Waals surface area contributed by atoms with Gasteiger partial charge < -0.3 is 19.5 Å². The van der Waals surface area contributed by atoms with Crippen LogP contribution in [0, 0.1) is 6.92 Å². The van der Waals surface area contributed by atoms with Gasteiger partial charge in [0.05, 0.1) is 10.5 Å². The van der Waals surface area contributed by atoms with Gasteiger partial charge in [0.15, 0.2) is 11.5 Å². The molecule has 6 rings (SSSR count). The van der Waals surface area contributed by atoms with Gasteiger partial charge in [-0.2, -0.15) is 0 Å². The monoisotopic (exact) mass is 607 g/mol. The molecule has 0 unspecified atom stereocenters. The minimum atomic E-state index is -0.929. The van der Waals surface area contributed by atoms with Crippen LogP contribution in [0.1, 0.15) is 29.5 Å². The van der Waals surface area contributed by atoms with Gasteiger partial charge in [0.25, 0.3) is 11.5 Å². The summed E-state index contributed by atoms with van der Waals surface area (Å²) in [5.74, 6) is 0.796. The number of rotatable bonds is 8. The van der Waals surface area contributed by atoms with Gasteiger partial charge in [0.1, 0.15) is 15.8 Å². The van der Waals surface area contributed by atoms with Gasteiger partial charge in [-0.25, -0.2) is 4.98 Å². The second-order valence-electron chi connectivity index (χ2n) is 10.4. The maximum Gasteiger partial charge on any atom is 0.303 e. The third-order valence-corrected chi connectivity index (χ3v) is 8.80. The summed E-state index contributed by atoms with van der Waals surface area (Å²) in [4.78, 5) is 49.1. The van der Waals surface area contributed by atoms with Gasteiger partial charge in [0.2, 0.25) is 6.79 Å². The number of anilines is 1. The topological polar surface area (TPSA) is 117 Å². The number of carboxylic acids is 1. The Kier molecular flexibility index (Phi) is 7.88. The smallest absolute Gasteiger partial charge is 0.303 e. The van der Waals surface area contributed by atoms with Crippen molar-refractivity contribution in [2.24, 2.45) is 0 Å². The van der Waals surface area contributed by atoms with Gasteiger partial charge >= 0.3 is 5.97 Å². The average Bonchev–Trinajstić information content (AvgIpc) is 3.54. The van der Waals surface area contributed by atoms with Crippen LogP contribution in [0.25, 0.3) is 11.7 Å². The summed E-state index contributed by atoms with van der Waals surface area (Å²) >= 11 is 6.54. The molecule has 0 aliphatic carbocycles. The number of amides is 1. The Morgan fingerprint density at radius 3 is 2.69 bits per heavy atom. The maximum atomic E-state index is 13.8. The maximum absolute atomic E-state index is 13.8. The number of carbonyl (C=O) groups excluding carboxylic acids is 1. The normalized spacial score (nSPS) is 18.1. The molecule has 1 N–H and O–H groups in total. The molecule has 11 nitrogen and oxygen atoms in total. The van der Waals surface area contributed by atoms with E-state index in [1.807, 2.05) is 37.3 Å². The van der Waals surface area contributed by atoms with Crippen molar-refractivity contribution >= 4 is 57.7 Å². The summed E-state index contributed by atoms with van der Waals surface area (Å²) in [7, 11) is 0. The molecule has 3 aliphatic rings. The molecule has 0 radical (unpaired) electrons. The summed E-state index contributed by atoms with van der Waals surface area (Å²) in [6, 6.07) is 9.73. The van der Waals surface area contributed by atoms with Crippen molar-refractivity contribution in [2.75, 3.05) is 44.4 Å². The summed E-state index contributed by atoms with van der Waals surface area (Å²) in [6.45, 7) is 5.93. The highest BCUT2D eigenvalue weighted by atomic mass is 32.2. The molecule has 1 aromatic carbocycles. The Morgan fingerprint density at radius 2 is 1.90 bits per heavy atom. The minimum Gasteiger partial charge on any atom is -0.481 e. The fourth-order valence-electron chi connectivity index (χ4n) is 5.24. The van der Waals surface area contributed by atoms with Gasteiger partial charge in [0, 0.05) is 51.9 Å². The van der Waals surface area contributed by atoms with E-state index in [1.54, 1.807) is 12.3 Å². The van der Waals surface area contributed by atoms with Gasteiger partial charge in [-0.3, -0.25) is 28.6 Å². The molecule has 5 heterocycles. The number of carboxylic acid groups (broad SMARTS) is 1. The van der Waals surface area contributed by atoms with Crippen molar-refractivity contribution in [2.45, 2.75) is 26.3 Å². The Labute approximate surface area is 251 Å². The van der Waals surface area contributed by atoms with Crippen molar-refractivity contribution in [3.8, 4) is 11.5 Å². The van der Waals surface area contributed by atoms with Crippen molar-refractivity contribution < 1.29 is 24.2 Å². The predicted molar refractivity (Wildman–Crippen MR) is 163 cm³/mol. The molecule has 218 valence electrons. The van der Waals surface area contributed by atoms with E-state index in [4.69, 9.17) is 31.8 Å². The number of hydrogen-bond donors (Lipinski definition) is 1. The zero-order chi connectivity index (χ0) is 29.4. The van der Waals surface area contributed by atoms with Crippen LogP contribution < -0.4 is 19.9 Å². The number of hydrogen-bond acceptors (Lipinski definition) is 10. The third-order valence-electron chi connectivity index (χ3n) is 7.42. The first-order chi connectivity index (χ1) is 20.3. The van der Waals surface area contributed by atoms with E-state index < -0.39 is 5.97 Å². The van der Waals surface area contributed by atoms with Crippen molar-refractivity contribution in [3.05, 3.63) is 68.5 Å². The number of fused-ring (bicyclic) bond motifs is 2. The summed E-state index contributed by atoms with van der Waals surface area (Å²) in [6.07, 6.45) is 3.56. The zero-order valence-corrected chi connectivity index (χ0v) is 24.6. The van der Waals surface area contributed by atoms with Crippen LogP contribution in [0.3, 0.4) is 0 Å². The van der Waals surface area contributed by atoms with Crippen LogP contribution in [0.2, 0.25) is 0 Å². The van der Waals surface area contributed by atoms with Crippen molar-refractivity contribution in [1.29, 1.82) is 0 Å². The Hall–Kier alpha value is -3.94. The van der Waals surface area contributed by atoms with E-state index in [9.17, 15) is 14.4 Å². The molecule has 3 aromatic rings. The van der Waals surface area contributed by atoms with Crippen LogP contribution in [0.15, 0.2) is 46.2 Å². The zero-order valence-electron chi connectivity index (χ0n) is 22.9. The predicted octanol–water partition coefficient (Wildman–Crippen LogP) is 3.12. The molecular weight excluding hydrogens is 578 g/mol. The number of thiocarbonyl (C=S) groups is 1. The lowest BCUT2D eigenvalue weighted by Gasteiger charge is -2.36. The van der Waals surface area contributed by atoms with Crippen LogP contribution in [0.5, 0.6) is 11.5 Å². The molecule has 0 bridgehead atoms. The molecule has 0 spiro atoms. The van der Waals surface area contributed by atoms with Gasteiger partial charge in [-0.05, 0) is 48.7 Å². The van der Waals surface area contributed by atoms with Crippen molar-refractivity contribution in [1.82, 2.24) is 19.2 Å². The number of pyridine rings is 1. The molecule has 2 aromatic heterocycles. The molecule has 0 saturated carbocycles. The highest BCUT2D eigenvalue weighted by Crippen LogP contribution is 2.35. The Bertz CT molecular complexity index is 1680. The van der Waals surface area contributed by atoms with E-state index in [0.29, 0.717) is 39.3 Å². The number of nitrogens with zero attached hydrogens (tertiary/aromatic N) is 5. The van der Waals surface area contributed by atoms with E-state index in [2.05, 4.69) is 9.80 Å². The largest absolute Gasteiger partial charge is 0.481 e. The highest BCUT2D eigenvalue weighted by Gasteiger charge is 2.33. The number of carbonyl (C=O) groups is 2. The first-order valence-electron chi connectivity index (χ1n) is 13.6. The van der Waals surface area contributed by atoms with Crippen LogP contribution in [0.4, 0.5) is 5.82 Å². The standard InChI is InChI=1S/C29H29N5O6S2/c1-18-4-7-24-30-26(32-11-9-31(10-12-32)16-19-5-6-21-22(13-19)40-17-39-21)20(27(37)34(24)15-18)14-23-28(38)33(29(41)42-23)8-2-3-25(35)36/h4-7,13-15H,2-3,8-12,16-17H2,1H3,(H,35,36). The number of piperazine rings is 1. The minimum absolute atomic E-state index is 0.0593. The highest BCUT2D eigenvalue weighted by molar-refractivity contribution is 8.26. The molecule has 1 amide bonds. The van der Waals surface area contributed by atoms with E-state index in [-0.39, 0.29) is 37.6 Å². The van der Waals surface area contributed by atoms with Crippen LogP contribution in [-0.2, 0) is 16.1 Å². The summed E-state index contributed by atoms with van der Waals surface area (Å²) < 4.78 is 12.8. The number of aryl methyl sites for hydroxylation is 1. The Balaban J connectivity index is 1.26. The lowest BCUT2D eigenvalue weighted by Crippen LogP contribution is -2.47. The van der Waals surface area contributed by atoms with E-state index in [0.717, 1.165) is 54.0 Å². The molecule has 42 heavy (non-hydrogen) atoms. The number of ether oxygens (including phenoxy) is 2. The first kappa shape index (κ1) is 28.2. The molecule has 3 aliphatic heterocycles. The fraction of sp³-hybridized carbons (Fsp3) is 0.345. The average molecular weight is 608 g/mol. The molecule has 2 fully saturated rings. The van der Waals surface area contributed by atoms with Gasteiger partial charge in [-0.15, -0.1) is 0 Å². The second-order valence-corrected chi connectivity index (χ2v) is 12.0. The van der Waals surface area contributed by atoms with E-state index >= 15 is 0 Å². The summed E-state index contributed by atoms with van der Waals surface area (Å²) in [5, 5.41) is 8.97. The van der Waals surface area contributed by atoms with Crippen LogP contribution >= 0.6 is 24.0 Å². The molecule has 13 heteroatoms. The summed E-state index contributed by atoms with van der Waals surface area (Å²) in [5.41, 5.74) is 2.64. The molecular formula is C29H29N5O6S2.